The first-order valence-corrected chi connectivity index (χ1v) is 24.1. The van der Waals surface area contributed by atoms with Crippen LogP contribution in [0, 0.1) is 35.4 Å². The van der Waals surface area contributed by atoms with Crippen molar-refractivity contribution in [3.63, 3.8) is 0 Å². The zero-order valence-electron chi connectivity index (χ0n) is 37.3. The molecule has 5 N–H and O–H groups in total. The fourth-order valence-electron chi connectivity index (χ4n) is 9.26. The highest BCUT2D eigenvalue weighted by Gasteiger charge is 2.41. The normalized spacial score (nSPS) is 21.5. The van der Waals surface area contributed by atoms with Gasteiger partial charge in [-0.2, -0.15) is 0 Å². The standard InChI is InChI=1S/C50H64FN7O4S/c1-29(2)45(52)49(60)57-46(30(3)4)47(59)35-22-32(23-35)24-38(34-11-12-34)33-8-5-6-20-58(21-7-9-33)28-31-10-16-40(54-27-31)44-26-41-48(63-44)43(18-19-53-41)62-42-17-15-37(25-39(42)51)56-50(61)55-36-13-14-36/h10,15-19,25-27,29-30,32-33,35-36,45-46H,5-9,11-14,20-24,28,52H2,1-4H3,(H,57,60)(H2,55,56,61)/t32?,33?,35?,45-,46-/m0/s1. The first kappa shape index (κ1) is 44.9. The van der Waals surface area contributed by atoms with Gasteiger partial charge in [0.25, 0.3) is 0 Å². The summed E-state index contributed by atoms with van der Waals surface area (Å²) in [6.07, 6.45) is 17.0. The predicted molar refractivity (Wildman–Crippen MR) is 248 cm³/mol. The Balaban J connectivity index is 0.825. The zero-order chi connectivity index (χ0) is 44.2. The van der Waals surface area contributed by atoms with Gasteiger partial charge in [-0.25, -0.2) is 9.18 Å². The molecule has 1 aromatic carbocycles. The molecular weight excluding hydrogens is 814 g/mol. The number of allylic oxidation sites excluding steroid dienone is 2. The molecule has 336 valence electrons. The molecule has 4 aliphatic rings. The SMILES string of the molecule is CC(C)[C@H](N)C(=O)N[C@H](C(=O)C1CC(CC(=C2CC2)C2CCCCN(Cc3ccc(-c4cc5nccc(Oc6ccc(NC(=O)NC7CC7)cc6F)c5s4)nc3)CCC2)C1)C(C)C. The number of aromatic nitrogens is 2. The van der Waals surface area contributed by atoms with E-state index < -0.39 is 17.9 Å². The summed E-state index contributed by atoms with van der Waals surface area (Å²) in [5.74, 6) is 1.21. The van der Waals surface area contributed by atoms with Crippen molar-refractivity contribution in [3.8, 4) is 22.1 Å². The number of nitrogens with one attached hydrogen (secondary N) is 3. The molecule has 3 aromatic heterocycles. The third kappa shape index (κ3) is 11.5. The summed E-state index contributed by atoms with van der Waals surface area (Å²) in [7, 11) is 0. The number of Topliss-reactive ketones (excluding diaryl/α,β-unsaturated/α-hetero) is 1. The minimum atomic E-state index is -0.607. The molecule has 3 saturated carbocycles. The van der Waals surface area contributed by atoms with Gasteiger partial charge in [-0.1, -0.05) is 51.3 Å². The smallest absolute Gasteiger partial charge is 0.319 e. The number of anilines is 1. The number of amides is 3. The first-order chi connectivity index (χ1) is 30.4. The Labute approximate surface area is 375 Å². The van der Waals surface area contributed by atoms with Gasteiger partial charge in [0.1, 0.15) is 5.75 Å². The second kappa shape index (κ2) is 20.0. The average Bonchev–Trinajstić information content (AvgIpc) is 4.19. The summed E-state index contributed by atoms with van der Waals surface area (Å²) in [5, 5.41) is 8.52. The number of benzene rings is 1. The van der Waals surface area contributed by atoms with Crippen molar-refractivity contribution in [2.24, 2.45) is 35.3 Å². The molecule has 4 heterocycles. The van der Waals surface area contributed by atoms with Crippen LogP contribution in [-0.2, 0) is 16.1 Å². The van der Waals surface area contributed by atoms with E-state index in [9.17, 15) is 14.4 Å². The number of carbonyl (C=O) groups excluding carboxylic acids is 3. The second-order valence-corrected chi connectivity index (χ2v) is 20.2. The highest BCUT2D eigenvalue weighted by atomic mass is 32.1. The van der Waals surface area contributed by atoms with E-state index >= 15 is 4.39 Å². The van der Waals surface area contributed by atoms with Crippen LogP contribution >= 0.6 is 11.3 Å². The van der Waals surface area contributed by atoms with Crippen LogP contribution in [0.15, 0.2) is 66.0 Å². The van der Waals surface area contributed by atoms with Gasteiger partial charge in [0.2, 0.25) is 5.91 Å². The maximum atomic E-state index is 15.1. The van der Waals surface area contributed by atoms with Crippen LogP contribution < -0.4 is 26.4 Å². The van der Waals surface area contributed by atoms with Gasteiger partial charge in [0.05, 0.1) is 32.9 Å². The number of fused-ring (bicyclic) bond motifs is 1. The Morgan fingerprint density at radius 2 is 1.68 bits per heavy atom. The number of ether oxygens (including phenoxy) is 1. The Hall–Kier alpha value is -4.72. The van der Waals surface area contributed by atoms with E-state index in [0.717, 1.165) is 78.9 Å². The van der Waals surface area contributed by atoms with Crippen molar-refractivity contribution in [1.29, 1.82) is 0 Å². The lowest BCUT2D eigenvalue weighted by atomic mass is 9.67. The lowest BCUT2D eigenvalue weighted by molar-refractivity contribution is -0.134. The molecule has 3 aliphatic carbocycles. The lowest BCUT2D eigenvalue weighted by Crippen LogP contribution is -2.54. The quantitative estimate of drug-likeness (QED) is 0.0813. The molecule has 0 bridgehead atoms. The van der Waals surface area contributed by atoms with E-state index in [2.05, 4.69) is 38.0 Å². The maximum absolute atomic E-state index is 15.1. The Morgan fingerprint density at radius 1 is 0.905 bits per heavy atom. The first-order valence-electron chi connectivity index (χ1n) is 23.3. The van der Waals surface area contributed by atoms with Crippen LogP contribution in [0.3, 0.4) is 0 Å². The number of hydrogen-bond donors (Lipinski definition) is 4. The minimum absolute atomic E-state index is 0.0211. The van der Waals surface area contributed by atoms with Gasteiger partial charge in [-0.15, -0.1) is 11.3 Å². The van der Waals surface area contributed by atoms with Crippen molar-refractivity contribution in [1.82, 2.24) is 25.5 Å². The van der Waals surface area contributed by atoms with Crippen molar-refractivity contribution < 1.29 is 23.5 Å². The molecule has 63 heavy (non-hydrogen) atoms. The number of halogens is 1. The molecule has 13 heteroatoms. The third-order valence-corrected chi connectivity index (χ3v) is 14.5. The molecule has 1 unspecified atom stereocenters. The summed E-state index contributed by atoms with van der Waals surface area (Å²) in [5.41, 5.74) is 12.6. The highest BCUT2D eigenvalue weighted by Crippen LogP contribution is 2.47. The van der Waals surface area contributed by atoms with Crippen LogP contribution in [0.1, 0.15) is 110 Å². The number of carbonyl (C=O) groups is 3. The van der Waals surface area contributed by atoms with E-state index in [4.69, 9.17) is 15.5 Å². The predicted octanol–water partition coefficient (Wildman–Crippen LogP) is 10.2. The molecule has 3 atom stereocenters. The van der Waals surface area contributed by atoms with Crippen LogP contribution in [0.25, 0.3) is 20.8 Å². The Kier molecular flexibility index (Phi) is 14.2. The van der Waals surface area contributed by atoms with E-state index in [0.29, 0.717) is 23.3 Å². The topological polar surface area (TPSA) is 152 Å². The molecule has 4 aromatic rings. The van der Waals surface area contributed by atoms with Crippen LogP contribution in [-0.4, -0.2) is 63.8 Å². The Morgan fingerprint density at radius 3 is 2.38 bits per heavy atom. The summed E-state index contributed by atoms with van der Waals surface area (Å²) < 4.78 is 22.0. The van der Waals surface area contributed by atoms with Crippen LogP contribution in [0.4, 0.5) is 14.9 Å². The monoisotopic (exact) mass is 877 g/mol. The molecule has 8 rings (SSSR count). The number of nitrogens with zero attached hydrogens (tertiary/aromatic N) is 3. The number of hydrogen-bond acceptors (Lipinski definition) is 9. The summed E-state index contributed by atoms with van der Waals surface area (Å²) in [6, 6.07) is 11.2. The van der Waals surface area contributed by atoms with E-state index in [1.165, 1.54) is 67.6 Å². The number of thiophene rings is 1. The van der Waals surface area contributed by atoms with Crippen molar-refractivity contribution in [2.45, 2.75) is 129 Å². The van der Waals surface area contributed by atoms with Gasteiger partial charge in [-0.05, 0) is 137 Å². The summed E-state index contributed by atoms with van der Waals surface area (Å²) in [4.78, 5) is 51.4. The van der Waals surface area contributed by atoms with E-state index in [-0.39, 0.29) is 47.3 Å². The van der Waals surface area contributed by atoms with E-state index in [1.54, 1.807) is 29.5 Å². The fraction of sp³-hybridized carbons (Fsp3) is 0.540. The molecule has 0 radical (unpaired) electrons. The van der Waals surface area contributed by atoms with Gasteiger partial charge < -0.3 is 26.4 Å². The van der Waals surface area contributed by atoms with Gasteiger partial charge in [-0.3, -0.25) is 24.5 Å². The highest BCUT2D eigenvalue weighted by molar-refractivity contribution is 7.22. The summed E-state index contributed by atoms with van der Waals surface area (Å²) >= 11 is 1.51. The fourth-order valence-corrected chi connectivity index (χ4v) is 10.3. The molecule has 4 fully saturated rings. The lowest BCUT2D eigenvalue weighted by Gasteiger charge is -2.39. The van der Waals surface area contributed by atoms with Gasteiger partial charge in [0.15, 0.2) is 17.3 Å². The molecule has 3 amide bonds. The number of rotatable bonds is 16. The van der Waals surface area contributed by atoms with Gasteiger partial charge in [0, 0.05) is 48.7 Å². The molecule has 11 nitrogen and oxygen atoms in total. The maximum Gasteiger partial charge on any atom is 0.319 e. The number of pyridine rings is 2. The van der Waals surface area contributed by atoms with E-state index in [1.807, 2.05) is 40.0 Å². The van der Waals surface area contributed by atoms with Gasteiger partial charge >= 0.3 is 6.03 Å². The zero-order valence-corrected chi connectivity index (χ0v) is 38.1. The van der Waals surface area contributed by atoms with Crippen LogP contribution in [0.2, 0.25) is 0 Å². The third-order valence-electron chi connectivity index (χ3n) is 13.4. The number of ketones is 1. The largest absolute Gasteiger partial charge is 0.453 e. The minimum Gasteiger partial charge on any atom is -0.453 e. The summed E-state index contributed by atoms with van der Waals surface area (Å²) in [6.45, 7) is 10.9. The van der Waals surface area contributed by atoms with Crippen molar-refractivity contribution in [3.05, 3.63) is 77.4 Å². The average molecular weight is 878 g/mol. The molecule has 1 aliphatic heterocycles. The molecule has 1 saturated heterocycles. The number of urea groups is 1. The Bertz CT molecular complexity index is 2290. The molecular formula is C50H64FN7O4S. The van der Waals surface area contributed by atoms with Crippen molar-refractivity contribution in [2.75, 3.05) is 18.4 Å². The second-order valence-electron chi connectivity index (χ2n) is 19.2. The van der Waals surface area contributed by atoms with Crippen LogP contribution in [0.5, 0.6) is 11.5 Å². The molecule has 0 spiro atoms. The van der Waals surface area contributed by atoms with Crippen molar-refractivity contribution >= 4 is 45.0 Å². The number of nitrogens with two attached hydrogens (primary N) is 1.